The Morgan fingerprint density at radius 3 is 2.73 bits per heavy atom. The largest absolute Gasteiger partial charge is 0.454 e. The van der Waals surface area contributed by atoms with Crippen LogP contribution in [0.3, 0.4) is 0 Å². The van der Waals surface area contributed by atoms with E-state index in [1.807, 2.05) is 36.1 Å². The standard InChI is InChI=1S/C25H27N3O2/c1-29-22-11-7-13-27(18-22)16-21-17-28(15-19-8-3-2-4-9-19)26-25(21)24-14-20-10-5-6-12-23(20)30-24/h2-6,8-10,12,14,17,22H,7,11,13,15-16,18H2,1H3/t22-/m1/s1. The summed E-state index contributed by atoms with van der Waals surface area (Å²) in [5, 5.41) is 6.05. The van der Waals surface area contributed by atoms with Crippen molar-refractivity contribution in [3.05, 3.63) is 78.0 Å². The third-order valence-corrected chi connectivity index (χ3v) is 5.87. The number of nitrogens with zero attached hydrogens (tertiary/aromatic N) is 3. The summed E-state index contributed by atoms with van der Waals surface area (Å²) < 4.78 is 13.8. The average molecular weight is 402 g/mol. The molecule has 4 aromatic rings. The minimum absolute atomic E-state index is 0.313. The van der Waals surface area contributed by atoms with Gasteiger partial charge in [-0.15, -0.1) is 0 Å². The normalized spacial score (nSPS) is 17.6. The molecule has 5 nitrogen and oxygen atoms in total. The number of aromatic nitrogens is 2. The van der Waals surface area contributed by atoms with Crippen LogP contribution in [-0.4, -0.2) is 41.0 Å². The van der Waals surface area contributed by atoms with Crippen LogP contribution in [0.15, 0.2) is 71.3 Å². The Labute approximate surface area is 176 Å². The van der Waals surface area contributed by atoms with E-state index in [1.54, 1.807) is 0 Å². The van der Waals surface area contributed by atoms with E-state index in [4.69, 9.17) is 14.3 Å². The van der Waals surface area contributed by atoms with Gasteiger partial charge in [-0.05, 0) is 37.1 Å². The summed E-state index contributed by atoms with van der Waals surface area (Å²) in [6.45, 7) is 3.64. The molecule has 0 N–H and O–H groups in total. The van der Waals surface area contributed by atoms with Crippen LogP contribution in [0.2, 0.25) is 0 Å². The van der Waals surface area contributed by atoms with Crippen LogP contribution in [0.1, 0.15) is 24.0 Å². The minimum atomic E-state index is 0.313. The number of rotatable bonds is 6. The quantitative estimate of drug-likeness (QED) is 0.458. The van der Waals surface area contributed by atoms with E-state index in [2.05, 4.69) is 47.5 Å². The van der Waals surface area contributed by atoms with Crippen molar-refractivity contribution < 1.29 is 9.15 Å². The average Bonchev–Trinajstić information content (AvgIpc) is 3.38. The summed E-state index contributed by atoms with van der Waals surface area (Å²) in [5.41, 5.74) is 4.26. The maximum atomic E-state index is 6.17. The van der Waals surface area contributed by atoms with Gasteiger partial charge in [0.2, 0.25) is 0 Å². The van der Waals surface area contributed by atoms with E-state index >= 15 is 0 Å². The molecular formula is C25H27N3O2. The SMILES string of the molecule is CO[C@@H]1CCCN(Cc2cn(Cc3ccccc3)nc2-c2cc3ccccc3o2)C1. The van der Waals surface area contributed by atoms with Gasteiger partial charge in [0, 0.05) is 37.3 Å². The van der Waals surface area contributed by atoms with Gasteiger partial charge < -0.3 is 9.15 Å². The maximum Gasteiger partial charge on any atom is 0.156 e. The number of benzene rings is 2. The molecule has 2 aromatic heterocycles. The highest BCUT2D eigenvalue weighted by atomic mass is 16.5. The molecule has 154 valence electrons. The first-order chi connectivity index (χ1) is 14.8. The van der Waals surface area contributed by atoms with Gasteiger partial charge in [0.05, 0.1) is 12.6 Å². The van der Waals surface area contributed by atoms with Crippen LogP contribution in [0, 0.1) is 0 Å². The fraction of sp³-hybridized carbons (Fsp3) is 0.320. The number of ether oxygens (including phenoxy) is 1. The topological polar surface area (TPSA) is 43.4 Å². The Balaban J connectivity index is 1.48. The second kappa shape index (κ2) is 8.46. The van der Waals surface area contributed by atoms with Crippen LogP contribution in [0.25, 0.3) is 22.4 Å². The monoisotopic (exact) mass is 401 g/mol. The van der Waals surface area contributed by atoms with Gasteiger partial charge in [-0.2, -0.15) is 5.10 Å². The highest BCUT2D eigenvalue weighted by Gasteiger charge is 2.23. The summed E-state index contributed by atoms with van der Waals surface area (Å²) in [6.07, 6.45) is 4.78. The van der Waals surface area contributed by atoms with Gasteiger partial charge in [0.25, 0.3) is 0 Å². The number of para-hydroxylation sites is 1. The van der Waals surface area contributed by atoms with Crippen LogP contribution in [-0.2, 0) is 17.8 Å². The number of likely N-dealkylation sites (tertiary alicyclic amines) is 1. The van der Waals surface area contributed by atoms with Crippen molar-refractivity contribution in [1.82, 2.24) is 14.7 Å². The van der Waals surface area contributed by atoms with Crippen molar-refractivity contribution >= 4 is 11.0 Å². The van der Waals surface area contributed by atoms with Gasteiger partial charge in [-0.1, -0.05) is 48.5 Å². The fourth-order valence-corrected chi connectivity index (χ4v) is 4.33. The van der Waals surface area contributed by atoms with E-state index in [1.165, 1.54) is 11.1 Å². The predicted molar refractivity (Wildman–Crippen MR) is 118 cm³/mol. The Morgan fingerprint density at radius 2 is 1.90 bits per heavy atom. The molecule has 5 heteroatoms. The van der Waals surface area contributed by atoms with Crippen molar-refractivity contribution in [2.24, 2.45) is 0 Å². The Morgan fingerprint density at radius 1 is 1.07 bits per heavy atom. The number of furan rings is 1. The molecule has 3 heterocycles. The first kappa shape index (κ1) is 19.1. The molecular weight excluding hydrogens is 374 g/mol. The summed E-state index contributed by atoms with van der Waals surface area (Å²) >= 11 is 0. The second-order valence-corrected chi connectivity index (χ2v) is 8.07. The molecule has 1 saturated heterocycles. The zero-order valence-electron chi connectivity index (χ0n) is 17.3. The molecule has 0 bridgehead atoms. The predicted octanol–water partition coefficient (Wildman–Crippen LogP) is 4.96. The lowest BCUT2D eigenvalue weighted by Gasteiger charge is -2.31. The molecule has 1 aliphatic heterocycles. The van der Waals surface area contributed by atoms with Crippen LogP contribution >= 0.6 is 0 Å². The van der Waals surface area contributed by atoms with Crippen molar-refractivity contribution in [2.75, 3.05) is 20.2 Å². The van der Waals surface area contributed by atoms with Crippen molar-refractivity contribution in [1.29, 1.82) is 0 Å². The molecule has 30 heavy (non-hydrogen) atoms. The third kappa shape index (κ3) is 4.04. The van der Waals surface area contributed by atoms with Gasteiger partial charge in [-0.25, -0.2) is 0 Å². The zero-order valence-corrected chi connectivity index (χ0v) is 17.3. The Kier molecular flexibility index (Phi) is 5.39. The molecule has 1 fully saturated rings. The van der Waals surface area contributed by atoms with E-state index in [0.29, 0.717) is 6.10 Å². The molecule has 0 saturated carbocycles. The summed E-state index contributed by atoms with van der Waals surface area (Å²) in [6, 6.07) is 20.7. The lowest BCUT2D eigenvalue weighted by atomic mass is 10.1. The maximum absolute atomic E-state index is 6.17. The highest BCUT2D eigenvalue weighted by molar-refractivity contribution is 5.82. The molecule has 0 spiro atoms. The lowest BCUT2D eigenvalue weighted by molar-refractivity contribution is 0.0286. The summed E-state index contributed by atoms with van der Waals surface area (Å²) in [7, 11) is 1.81. The molecule has 2 aromatic carbocycles. The lowest BCUT2D eigenvalue weighted by Crippen LogP contribution is -2.38. The molecule has 1 aliphatic rings. The number of hydrogen-bond acceptors (Lipinski definition) is 4. The smallest absolute Gasteiger partial charge is 0.156 e. The number of fused-ring (bicyclic) bond motifs is 1. The van der Waals surface area contributed by atoms with Crippen LogP contribution in [0.4, 0.5) is 0 Å². The van der Waals surface area contributed by atoms with Crippen LogP contribution in [0.5, 0.6) is 0 Å². The highest BCUT2D eigenvalue weighted by Crippen LogP contribution is 2.30. The molecule has 5 rings (SSSR count). The van der Waals surface area contributed by atoms with Crippen molar-refractivity contribution in [2.45, 2.75) is 32.0 Å². The summed E-state index contributed by atoms with van der Waals surface area (Å²) in [4.78, 5) is 2.47. The number of methoxy groups -OCH3 is 1. The molecule has 0 amide bonds. The molecule has 0 aliphatic carbocycles. The first-order valence-electron chi connectivity index (χ1n) is 10.6. The van der Waals surface area contributed by atoms with Crippen LogP contribution < -0.4 is 0 Å². The minimum Gasteiger partial charge on any atom is -0.454 e. The van der Waals surface area contributed by atoms with Gasteiger partial charge >= 0.3 is 0 Å². The van der Waals surface area contributed by atoms with Crippen molar-refractivity contribution in [3.63, 3.8) is 0 Å². The van der Waals surface area contributed by atoms with E-state index < -0.39 is 0 Å². The van der Waals surface area contributed by atoms with Gasteiger partial charge in [0.15, 0.2) is 5.76 Å². The summed E-state index contributed by atoms with van der Waals surface area (Å²) in [5.74, 6) is 0.832. The van der Waals surface area contributed by atoms with Gasteiger partial charge in [0.1, 0.15) is 11.3 Å². The van der Waals surface area contributed by atoms with Gasteiger partial charge in [-0.3, -0.25) is 9.58 Å². The zero-order chi connectivity index (χ0) is 20.3. The second-order valence-electron chi connectivity index (χ2n) is 8.07. The molecule has 0 radical (unpaired) electrons. The Hall–Kier alpha value is -2.89. The number of piperidine rings is 1. The molecule has 1 atom stereocenters. The van der Waals surface area contributed by atoms with E-state index in [0.717, 1.165) is 61.4 Å². The van der Waals surface area contributed by atoms with E-state index in [9.17, 15) is 0 Å². The fourth-order valence-electron chi connectivity index (χ4n) is 4.33. The first-order valence-corrected chi connectivity index (χ1v) is 10.6. The van der Waals surface area contributed by atoms with E-state index in [-0.39, 0.29) is 0 Å². The third-order valence-electron chi connectivity index (χ3n) is 5.87. The molecule has 0 unspecified atom stereocenters. The number of hydrogen-bond donors (Lipinski definition) is 0. The van der Waals surface area contributed by atoms with Crippen molar-refractivity contribution in [3.8, 4) is 11.5 Å². The Bertz CT molecular complexity index is 1080.